The second-order valence-electron chi connectivity index (χ2n) is 5.09. The zero-order chi connectivity index (χ0) is 15.4. The van der Waals surface area contributed by atoms with Gasteiger partial charge in [0.25, 0.3) is 5.91 Å². The van der Waals surface area contributed by atoms with Gasteiger partial charge in [0.05, 0.1) is 12.0 Å². The molecule has 2 atom stereocenters. The number of furan rings is 1. The van der Waals surface area contributed by atoms with E-state index in [0.717, 1.165) is 25.3 Å². The molecule has 0 radical (unpaired) electrons. The van der Waals surface area contributed by atoms with E-state index in [1.54, 1.807) is 0 Å². The third kappa shape index (κ3) is 3.59. The quantitative estimate of drug-likeness (QED) is 0.631. The fraction of sp³-hybridized carbons (Fsp3) is 0.538. The van der Waals surface area contributed by atoms with Crippen molar-refractivity contribution in [1.82, 2.24) is 5.32 Å². The number of carbonyl (C=O) groups excluding carboxylic acids is 1. The molecular weight excluding hydrogens is 280 g/mol. The Hall–Kier alpha value is -2.38. The maximum Gasteiger partial charge on any atom is 0.433 e. The minimum atomic E-state index is -0.845. The van der Waals surface area contributed by atoms with E-state index in [1.165, 1.54) is 6.07 Å². The van der Waals surface area contributed by atoms with Crippen molar-refractivity contribution in [2.24, 2.45) is 11.8 Å². The van der Waals surface area contributed by atoms with E-state index in [2.05, 4.69) is 5.32 Å². The highest BCUT2D eigenvalue weighted by Crippen LogP contribution is 2.29. The highest BCUT2D eigenvalue weighted by Gasteiger charge is 2.31. The SMILES string of the molecule is O=C(NCC1CCCCC1C(=O)O)c1ccc([N+](=O)[O-])o1. The van der Waals surface area contributed by atoms with E-state index in [9.17, 15) is 19.7 Å². The van der Waals surface area contributed by atoms with Gasteiger partial charge in [-0.3, -0.25) is 19.7 Å². The molecule has 0 bridgehead atoms. The standard InChI is InChI=1S/C13H16N2O6/c16-12(10-5-6-11(21-10)15(19)20)14-7-8-3-1-2-4-9(8)13(17)18/h5-6,8-9H,1-4,7H2,(H,14,16)(H,17,18). The number of nitrogens with one attached hydrogen (secondary N) is 1. The molecule has 1 aliphatic carbocycles. The molecule has 0 aromatic carbocycles. The smallest absolute Gasteiger partial charge is 0.433 e. The summed E-state index contributed by atoms with van der Waals surface area (Å²) in [4.78, 5) is 32.7. The topological polar surface area (TPSA) is 123 Å². The van der Waals surface area contributed by atoms with Crippen LogP contribution in [-0.4, -0.2) is 28.5 Å². The summed E-state index contributed by atoms with van der Waals surface area (Å²) in [5.74, 6) is -2.64. The first-order valence-electron chi connectivity index (χ1n) is 6.74. The molecule has 1 saturated carbocycles. The molecule has 1 fully saturated rings. The molecule has 1 aromatic heterocycles. The van der Waals surface area contributed by atoms with Crippen LogP contribution in [0.5, 0.6) is 0 Å². The molecule has 0 saturated heterocycles. The lowest BCUT2D eigenvalue weighted by Gasteiger charge is -2.28. The largest absolute Gasteiger partial charge is 0.481 e. The van der Waals surface area contributed by atoms with E-state index < -0.39 is 28.6 Å². The van der Waals surface area contributed by atoms with Crippen LogP contribution in [0, 0.1) is 22.0 Å². The predicted molar refractivity (Wildman–Crippen MR) is 70.8 cm³/mol. The molecule has 1 aliphatic rings. The maximum atomic E-state index is 11.8. The van der Waals surface area contributed by atoms with Gasteiger partial charge in [-0.1, -0.05) is 12.8 Å². The Morgan fingerprint density at radius 3 is 2.71 bits per heavy atom. The summed E-state index contributed by atoms with van der Waals surface area (Å²) < 4.78 is 4.79. The van der Waals surface area contributed by atoms with Gasteiger partial charge in [0, 0.05) is 6.54 Å². The molecule has 1 aromatic rings. The van der Waals surface area contributed by atoms with Gasteiger partial charge >= 0.3 is 11.9 Å². The second-order valence-corrected chi connectivity index (χ2v) is 5.09. The Balaban J connectivity index is 1.93. The van der Waals surface area contributed by atoms with E-state index in [4.69, 9.17) is 9.52 Å². The van der Waals surface area contributed by atoms with Crippen LogP contribution >= 0.6 is 0 Å². The van der Waals surface area contributed by atoms with Gasteiger partial charge in [-0.2, -0.15) is 0 Å². The van der Waals surface area contributed by atoms with Gasteiger partial charge in [0.1, 0.15) is 4.92 Å². The Morgan fingerprint density at radius 1 is 1.38 bits per heavy atom. The van der Waals surface area contributed by atoms with Crippen LogP contribution in [0.2, 0.25) is 0 Å². The minimum absolute atomic E-state index is 0.120. The van der Waals surface area contributed by atoms with Crippen molar-refractivity contribution in [3.05, 3.63) is 28.0 Å². The molecule has 114 valence electrons. The normalized spacial score (nSPS) is 21.7. The molecule has 1 heterocycles. The van der Waals surface area contributed by atoms with E-state index in [1.807, 2.05) is 0 Å². The summed E-state index contributed by atoms with van der Waals surface area (Å²) in [6, 6.07) is 2.33. The van der Waals surface area contributed by atoms with Crippen LogP contribution in [0.4, 0.5) is 5.88 Å². The zero-order valence-electron chi connectivity index (χ0n) is 11.3. The molecule has 8 nitrogen and oxygen atoms in total. The monoisotopic (exact) mass is 296 g/mol. The van der Waals surface area contributed by atoms with Gasteiger partial charge in [-0.25, -0.2) is 0 Å². The lowest BCUT2D eigenvalue weighted by molar-refractivity contribution is -0.402. The van der Waals surface area contributed by atoms with Crippen molar-refractivity contribution in [2.45, 2.75) is 25.7 Å². The van der Waals surface area contributed by atoms with Crippen molar-refractivity contribution >= 4 is 17.8 Å². The number of carbonyl (C=O) groups is 2. The lowest BCUT2D eigenvalue weighted by Crippen LogP contribution is -2.37. The molecular formula is C13H16N2O6. The average molecular weight is 296 g/mol. The number of hydrogen-bond acceptors (Lipinski definition) is 5. The van der Waals surface area contributed by atoms with E-state index in [0.29, 0.717) is 6.42 Å². The highest BCUT2D eigenvalue weighted by molar-refractivity contribution is 5.91. The van der Waals surface area contributed by atoms with Crippen LogP contribution in [0.25, 0.3) is 0 Å². The van der Waals surface area contributed by atoms with Crippen LogP contribution in [-0.2, 0) is 4.79 Å². The van der Waals surface area contributed by atoms with Crippen molar-refractivity contribution in [1.29, 1.82) is 0 Å². The third-order valence-corrected chi connectivity index (χ3v) is 3.75. The molecule has 1 amide bonds. The number of nitro groups is 1. The summed E-state index contributed by atoms with van der Waals surface area (Å²) in [7, 11) is 0. The van der Waals surface area contributed by atoms with Crippen molar-refractivity contribution in [2.75, 3.05) is 6.54 Å². The first-order valence-corrected chi connectivity index (χ1v) is 6.74. The Kier molecular flexibility index (Phi) is 4.56. The summed E-state index contributed by atoms with van der Waals surface area (Å²) in [6.07, 6.45) is 3.18. The summed E-state index contributed by atoms with van der Waals surface area (Å²) in [5.41, 5.74) is 0. The zero-order valence-corrected chi connectivity index (χ0v) is 11.3. The van der Waals surface area contributed by atoms with Gasteiger partial charge in [0.15, 0.2) is 5.76 Å². The molecule has 0 aliphatic heterocycles. The number of nitrogens with zero attached hydrogens (tertiary/aromatic N) is 1. The van der Waals surface area contributed by atoms with Crippen LogP contribution in [0.1, 0.15) is 36.2 Å². The van der Waals surface area contributed by atoms with E-state index in [-0.39, 0.29) is 18.2 Å². The number of carboxylic acid groups (broad SMARTS) is 1. The highest BCUT2D eigenvalue weighted by atomic mass is 16.6. The summed E-state index contributed by atoms with van der Waals surface area (Å²) in [5, 5.41) is 22.2. The number of hydrogen-bond donors (Lipinski definition) is 2. The fourth-order valence-corrected chi connectivity index (χ4v) is 2.64. The fourth-order valence-electron chi connectivity index (χ4n) is 2.64. The Bertz CT molecular complexity index is 553. The van der Waals surface area contributed by atoms with E-state index >= 15 is 0 Å². The number of amides is 1. The minimum Gasteiger partial charge on any atom is -0.481 e. The molecule has 8 heteroatoms. The first kappa shape index (κ1) is 15.0. The molecule has 2 unspecified atom stereocenters. The molecule has 0 spiro atoms. The maximum absolute atomic E-state index is 11.8. The van der Waals surface area contributed by atoms with Crippen LogP contribution in [0.15, 0.2) is 16.5 Å². The third-order valence-electron chi connectivity index (χ3n) is 3.75. The number of rotatable bonds is 5. The number of aliphatic carboxylic acids is 1. The average Bonchev–Trinajstić information content (AvgIpc) is 2.95. The van der Waals surface area contributed by atoms with Gasteiger partial charge in [0.2, 0.25) is 0 Å². The molecule has 21 heavy (non-hydrogen) atoms. The first-order chi connectivity index (χ1) is 9.99. The summed E-state index contributed by atoms with van der Waals surface area (Å²) >= 11 is 0. The Morgan fingerprint density at radius 2 is 2.10 bits per heavy atom. The van der Waals surface area contributed by atoms with Gasteiger partial charge < -0.3 is 14.8 Å². The lowest BCUT2D eigenvalue weighted by atomic mass is 9.79. The van der Waals surface area contributed by atoms with Crippen molar-refractivity contribution in [3.63, 3.8) is 0 Å². The van der Waals surface area contributed by atoms with Crippen molar-refractivity contribution < 1.29 is 24.0 Å². The van der Waals surface area contributed by atoms with Crippen LogP contribution in [0.3, 0.4) is 0 Å². The Labute approximate surface area is 120 Å². The van der Waals surface area contributed by atoms with Gasteiger partial charge in [-0.15, -0.1) is 0 Å². The van der Waals surface area contributed by atoms with Crippen LogP contribution < -0.4 is 5.32 Å². The second kappa shape index (κ2) is 6.38. The van der Waals surface area contributed by atoms with Gasteiger partial charge in [-0.05, 0) is 24.8 Å². The summed E-state index contributed by atoms with van der Waals surface area (Å²) in [6.45, 7) is 0.226. The predicted octanol–water partition coefficient (Wildman–Crippen LogP) is 1.81. The van der Waals surface area contributed by atoms with Crippen molar-refractivity contribution in [3.8, 4) is 0 Å². The molecule has 2 N–H and O–H groups in total. The number of carboxylic acids is 1. The molecule has 2 rings (SSSR count).